The van der Waals surface area contributed by atoms with Gasteiger partial charge in [-0.1, -0.05) is 18.2 Å². The predicted octanol–water partition coefficient (Wildman–Crippen LogP) is 5.06. The van der Waals surface area contributed by atoms with Gasteiger partial charge >= 0.3 is 0 Å². The van der Waals surface area contributed by atoms with Crippen LogP contribution < -0.4 is 10.2 Å². The zero-order valence-corrected chi connectivity index (χ0v) is 18.3. The summed E-state index contributed by atoms with van der Waals surface area (Å²) in [4.78, 5) is 11.4. The zero-order valence-electron chi connectivity index (χ0n) is 17.4. The number of aromatic nitrogens is 3. The van der Waals surface area contributed by atoms with E-state index in [0.29, 0.717) is 5.11 Å². The smallest absolute Gasteiger partial charge is 0.174 e. The maximum atomic E-state index is 5.85. The van der Waals surface area contributed by atoms with E-state index in [1.54, 1.807) is 0 Å². The van der Waals surface area contributed by atoms with Crippen LogP contribution in [0, 0.1) is 13.8 Å². The second-order valence-electron chi connectivity index (χ2n) is 7.76. The highest BCUT2D eigenvalue weighted by atomic mass is 32.1. The Kier molecular flexibility index (Phi) is 5.00. The van der Waals surface area contributed by atoms with Crippen LogP contribution in [0.4, 0.5) is 5.69 Å². The highest BCUT2D eigenvalue weighted by Gasteiger charge is 2.42. The summed E-state index contributed by atoms with van der Waals surface area (Å²) < 4.78 is 2.13. The molecule has 1 aliphatic rings. The number of pyridine rings is 2. The molecule has 0 saturated carbocycles. The fraction of sp³-hybridized carbons (Fsp3) is 0.160. The molecule has 0 aliphatic carbocycles. The van der Waals surface area contributed by atoms with Crippen molar-refractivity contribution in [3.05, 3.63) is 108 Å². The number of hydrogen-bond donors (Lipinski definition) is 1. The van der Waals surface area contributed by atoms with E-state index in [1.807, 2.05) is 55.0 Å². The first-order valence-electron chi connectivity index (χ1n) is 10.3. The standard InChI is InChI=1S/C25H23N5S/c1-17-11-12-19(16-18(17)2)30-24(23(28-25(30)31)20-8-3-5-13-26-20)21-9-7-15-29(21)22-10-4-6-14-27-22/h3-16,23-24H,1-2H3,(H,28,31)/t23-,24-/m0/s1. The second kappa shape index (κ2) is 7.96. The molecule has 3 aromatic heterocycles. The lowest BCUT2D eigenvalue weighted by Crippen LogP contribution is -2.30. The molecule has 5 rings (SSSR count). The first kappa shape index (κ1) is 19.5. The van der Waals surface area contributed by atoms with Crippen molar-refractivity contribution in [2.75, 3.05) is 4.90 Å². The number of aryl methyl sites for hydroxylation is 2. The van der Waals surface area contributed by atoms with Crippen molar-refractivity contribution < 1.29 is 0 Å². The molecular formula is C25H23N5S. The fourth-order valence-electron chi connectivity index (χ4n) is 4.15. The number of thiocarbonyl (C=S) groups is 1. The zero-order chi connectivity index (χ0) is 21.4. The molecule has 1 aliphatic heterocycles. The molecule has 2 atom stereocenters. The molecule has 5 nitrogen and oxygen atoms in total. The van der Waals surface area contributed by atoms with Crippen molar-refractivity contribution >= 4 is 23.0 Å². The Hall–Kier alpha value is -3.51. The van der Waals surface area contributed by atoms with Crippen LogP contribution in [0.5, 0.6) is 0 Å². The van der Waals surface area contributed by atoms with Gasteiger partial charge in [0.05, 0.1) is 11.7 Å². The molecular weight excluding hydrogens is 402 g/mol. The molecule has 0 radical (unpaired) electrons. The largest absolute Gasteiger partial charge is 0.351 e. The summed E-state index contributed by atoms with van der Waals surface area (Å²) in [6.07, 6.45) is 5.69. The van der Waals surface area contributed by atoms with Crippen molar-refractivity contribution in [2.24, 2.45) is 0 Å². The lowest BCUT2D eigenvalue weighted by atomic mass is 10.00. The lowest BCUT2D eigenvalue weighted by molar-refractivity contribution is 0.548. The highest BCUT2D eigenvalue weighted by Crippen LogP contribution is 2.42. The lowest BCUT2D eigenvalue weighted by Gasteiger charge is -2.29. The van der Waals surface area contributed by atoms with Gasteiger partial charge < -0.3 is 14.8 Å². The van der Waals surface area contributed by atoms with Crippen LogP contribution in [0.15, 0.2) is 85.3 Å². The van der Waals surface area contributed by atoms with Gasteiger partial charge in [0.15, 0.2) is 5.11 Å². The van der Waals surface area contributed by atoms with Crippen LogP contribution in [0.25, 0.3) is 5.82 Å². The Morgan fingerprint density at radius 1 is 0.871 bits per heavy atom. The molecule has 0 bridgehead atoms. The van der Waals surface area contributed by atoms with Crippen molar-refractivity contribution in [3.63, 3.8) is 0 Å². The normalized spacial score (nSPS) is 18.3. The molecule has 0 spiro atoms. The van der Waals surface area contributed by atoms with Gasteiger partial charge in [-0.15, -0.1) is 0 Å². The van der Waals surface area contributed by atoms with Crippen LogP contribution in [0.2, 0.25) is 0 Å². The SMILES string of the molecule is Cc1ccc(N2C(=S)N[C@@H](c3ccccn3)[C@@H]2c2cccn2-c2ccccn2)cc1C. The third-order valence-electron chi connectivity index (χ3n) is 5.85. The number of nitrogens with one attached hydrogen (secondary N) is 1. The summed E-state index contributed by atoms with van der Waals surface area (Å²) in [6, 6.07) is 22.4. The minimum absolute atomic E-state index is 0.0819. The van der Waals surface area contributed by atoms with Gasteiger partial charge in [-0.2, -0.15) is 0 Å². The summed E-state index contributed by atoms with van der Waals surface area (Å²) in [6.45, 7) is 4.26. The summed E-state index contributed by atoms with van der Waals surface area (Å²) in [5, 5.41) is 4.22. The average molecular weight is 426 g/mol. The monoisotopic (exact) mass is 425 g/mol. The first-order chi connectivity index (χ1) is 15.1. The van der Waals surface area contributed by atoms with E-state index in [1.165, 1.54) is 11.1 Å². The molecule has 0 unspecified atom stereocenters. The van der Waals surface area contributed by atoms with Crippen molar-refractivity contribution in [1.82, 2.24) is 19.9 Å². The molecule has 4 aromatic rings. The third kappa shape index (κ3) is 3.49. The van der Waals surface area contributed by atoms with E-state index in [2.05, 4.69) is 68.9 Å². The number of benzene rings is 1. The van der Waals surface area contributed by atoms with Gasteiger partial charge in [0.2, 0.25) is 0 Å². The molecule has 154 valence electrons. The number of anilines is 1. The topological polar surface area (TPSA) is 46.0 Å². The van der Waals surface area contributed by atoms with E-state index in [0.717, 1.165) is 22.9 Å². The van der Waals surface area contributed by atoms with E-state index >= 15 is 0 Å². The van der Waals surface area contributed by atoms with E-state index in [-0.39, 0.29) is 12.1 Å². The Morgan fingerprint density at radius 3 is 2.39 bits per heavy atom. The molecule has 31 heavy (non-hydrogen) atoms. The maximum Gasteiger partial charge on any atom is 0.174 e. The van der Waals surface area contributed by atoms with Gasteiger partial charge in [0.1, 0.15) is 11.9 Å². The van der Waals surface area contributed by atoms with Crippen LogP contribution in [0.1, 0.15) is 34.6 Å². The molecule has 6 heteroatoms. The summed E-state index contributed by atoms with van der Waals surface area (Å²) in [7, 11) is 0. The van der Waals surface area contributed by atoms with Crippen molar-refractivity contribution in [3.8, 4) is 5.82 Å². The summed E-state index contributed by atoms with van der Waals surface area (Å²) in [5.41, 5.74) is 5.62. The quantitative estimate of drug-likeness (QED) is 0.463. The second-order valence-corrected chi connectivity index (χ2v) is 8.14. The average Bonchev–Trinajstić information content (AvgIpc) is 3.41. The minimum Gasteiger partial charge on any atom is -0.351 e. The molecule has 1 saturated heterocycles. The van der Waals surface area contributed by atoms with Crippen molar-refractivity contribution in [2.45, 2.75) is 25.9 Å². The fourth-order valence-corrected chi connectivity index (χ4v) is 4.49. The maximum absolute atomic E-state index is 5.85. The Balaban J connectivity index is 1.68. The first-order valence-corrected chi connectivity index (χ1v) is 10.7. The highest BCUT2D eigenvalue weighted by molar-refractivity contribution is 7.80. The molecule has 0 amide bonds. The van der Waals surface area contributed by atoms with Crippen LogP contribution in [-0.4, -0.2) is 19.6 Å². The Labute approximate surface area is 187 Å². The summed E-state index contributed by atoms with van der Waals surface area (Å²) >= 11 is 5.85. The number of nitrogens with zero attached hydrogens (tertiary/aromatic N) is 4. The summed E-state index contributed by atoms with van der Waals surface area (Å²) in [5.74, 6) is 0.875. The van der Waals surface area contributed by atoms with E-state index in [4.69, 9.17) is 12.2 Å². The molecule has 1 aromatic carbocycles. The van der Waals surface area contributed by atoms with E-state index in [9.17, 15) is 0 Å². The Morgan fingerprint density at radius 2 is 1.68 bits per heavy atom. The van der Waals surface area contributed by atoms with Gasteiger partial charge in [-0.3, -0.25) is 4.98 Å². The van der Waals surface area contributed by atoms with E-state index < -0.39 is 0 Å². The van der Waals surface area contributed by atoms with Gasteiger partial charge in [0, 0.05) is 30.0 Å². The molecule has 1 N–H and O–H groups in total. The van der Waals surface area contributed by atoms with Gasteiger partial charge in [-0.05, 0) is 85.7 Å². The van der Waals surface area contributed by atoms with Crippen LogP contribution >= 0.6 is 12.2 Å². The van der Waals surface area contributed by atoms with Gasteiger partial charge in [-0.25, -0.2) is 4.98 Å². The Bertz CT molecular complexity index is 1220. The van der Waals surface area contributed by atoms with Crippen LogP contribution in [-0.2, 0) is 0 Å². The number of hydrogen-bond acceptors (Lipinski definition) is 3. The molecule has 1 fully saturated rings. The van der Waals surface area contributed by atoms with Crippen molar-refractivity contribution in [1.29, 1.82) is 0 Å². The van der Waals surface area contributed by atoms with Crippen LogP contribution in [0.3, 0.4) is 0 Å². The third-order valence-corrected chi connectivity index (χ3v) is 6.16. The number of rotatable bonds is 4. The molecule has 4 heterocycles. The predicted molar refractivity (Wildman–Crippen MR) is 127 cm³/mol. The minimum atomic E-state index is -0.0901. The van der Waals surface area contributed by atoms with Gasteiger partial charge in [0.25, 0.3) is 0 Å².